The second kappa shape index (κ2) is 6.53. The van der Waals surface area contributed by atoms with Crippen LogP contribution in [0.3, 0.4) is 0 Å². The predicted octanol–water partition coefficient (Wildman–Crippen LogP) is 2.73. The Morgan fingerprint density at radius 2 is 1.78 bits per heavy atom. The van der Waals surface area contributed by atoms with Crippen molar-refractivity contribution < 1.29 is 48.8 Å². The lowest BCUT2D eigenvalue weighted by atomic mass is 10.2. The molecule has 13 heteroatoms. The molecule has 0 aliphatic heterocycles. The van der Waals surface area contributed by atoms with Crippen LogP contribution in [-0.2, 0) is 14.9 Å². The number of rotatable bonds is 4. The Hall–Kier alpha value is -1.53. The van der Waals surface area contributed by atoms with Gasteiger partial charge in [0, 0.05) is 0 Å². The summed E-state index contributed by atoms with van der Waals surface area (Å²) in [6.07, 6.45) is -8.80. The molecular weight excluding hydrogens is 382 g/mol. The molecule has 1 N–H and O–H groups in total. The molecule has 0 fully saturated rings. The molecule has 0 aliphatic rings. The van der Waals surface area contributed by atoms with Crippen LogP contribution in [0.1, 0.15) is 10.4 Å². The fraction of sp³-hybridized carbons (Fsp3) is 0.300. The lowest BCUT2D eigenvalue weighted by Gasteiger charge is -2.19. The molecule has 0 saturated heterocycles. The molecule has 0 amide bonds. The fourth-order valence-corrected chi connectivity index (χ4v) is 2.13. The highest BCUT2D eigenvalue weighted by Gasteiger charge is 2.46. The SMILES string of the molecule is O=C(OC(CS(=O)(=O)O)C(F)(F)F)c1cc(F)c(F)c(Cl)c1F. The summed E-state index contributed by atoms with van der Waals surface area (Å²) in [6, 6.07) is -0.111. The number of hydrogen-bond acceptors (Lipinski definition) is 4. The summed E-state index contributed by atoms with van der Waals surface area (Å²) < 4.78 is 110. The third kappa shape index (κ3) is 4.97. The van der Waals surface area contributed by atoms with E-state index in [1.807, 2.05) is 0 Å². The minimum Gasteiger partial charge on any atom is -0.448 e. The highest BCUT2D eigenvalue weighted by atomic mass is 35.5. The van der Waals surface area contributed by atoms with Crippen LogP contribution >= 0.6 is 11.6 Å². The van der Waals surface area contributed by atoms with E-state index in [1.165, 1.54) is 0 Å². The molecule has 1 unspecified atom stereocenters. The van der Waals surface area contributed by atoms with E-state index in [0.717, 1.165) is 0 Å². The average molecular weight is 387 g/mol. The predicted molar refractivity (Wildman–Crippen MR) is 63.0 cm³/mol. The summed E-state index contributed by atoms with van der Waals surface area (Å²) in [5, 5.41) is -1.50. The van der Waals surface area contributed by atoms with Crippen molar-refractivity contribution in [2.24, 2.45) is 0 Å². The van der Waals surface area contributed by atoms with Gasteiger partial charge < -0.3 is 4.74 Å². The van der Waals surface area contributed by atoms with Gasteiger partial charge in [-0.3, -0.25) is 4.55 Å². The Balaban J connectivity index is 3.19. The molecule has 1 atom stereocenters. The van der Waals surface area contributed by atoms with E-state index in [-0.39, 0.29) is 6.07 Å². The van der Waals surface area contributed by atoms with Crippen LogP contribution in [0.25, 0.3) is 0 Å². The van der Waals surface area contributed by atoms with Crippen molar-refractivity contribution >= 4 is 27.7 Å². The maximum atomic E-state index is 13.5. The van der Waals surface area contributed by atoms with Gasteiger partial charge in [0.1, 0.15) is 10.8 Å². The summed E-state index contributed by atoms with van der Waals surface area (Å²) in [5.41, 5.74) is -1.49. The second-order valence-electron chi connectivity index (χ2n) is 4.03. The van der Waals surface area contributed by atoms with Gasteiger partial charge in [0.25, 0.3) is 10.1 Å². The second-order valence-corrected chi connectivity index (χ2v) is 5.91. The Morgan fingerprint density at radius 1 is 1.26 bits per heavy atom. The average Bonchev–Trinajstić information content (AvgIpc) is 2.37. The monoisotopic (exact) mass is 386 g/mol. The van der Waals surface area contributed by atoms with Crippen LogP contribution in [0.4, 0.5) is 26.3 Å². The van der Waals surface area contributed by atoms with Crippen LogP contribution in [0.5, 0.6) is 0 Å². The third-order valence-corrected chi connectivity index (χ3v) is 3.35. The Morgan fingerprint density at radius 3 is 2.22 bits per heavy atom. The highest BCUT2D eigenvalue weighted by molar-refractivity contribution is 7.85. The number of esters is 1. The number of carbonyl (C=O) groups excluding carboxylic acids is 1. The Labute approximate surface area is 129 Å². The summed E-state index contributed by atoms with van der Waals surface area (Å²) >= 11 is 5.01. The molecule has 5 nitrogen and oxygen atoms in total. The molecule has 0 aromatic heterocycles. The normalized spacial score (nSPS) is 13.7. The Kier molecular flexibility index (Phi) is 5.54. The first-order valence-corrected chi connectivity index (χ1v) is 7.28. The van der Waals surface area contributed by atoms with Gasteiger partial charge in [-0.15, -0.1) is 0 Å². The summed E-state index contributed by atoms with van der Waals surface area (Å²) in [4.78, 5) is 11.4. The molecule has 0 aliphatic carbocycles. The molecule has 0 bridgehead atoms. The molecule has 130 valence electrons. The van der Waals surface area contributed by atoms with Gasteiger partial charge in [-0.25, -0.2) is 18.0 Å². The number of hydrogen-bond donors (Lipinski definition) is 1. The van der Waals surface area contributed by atoms with Crippen molar-refractivity contribution in [1.29, 1.82) is 0 Å². The standard InChI is InChI=1S/C10H5ClF6O5S/c11-6-7(13)3(1-4(12)8(6)14)9(18)22-5(10(15,16)17)2-23(19,20)21/h1,5H,2H2,(H,19,20,21). The van der Waals surface area contributed by atoms with Gasteiger partial charge in [-0.2, -0.15) is 21.6 Å². The maximum Gasteiger partial charge on any atom is 0.426 e. The Bertz CT molecular complexity index is 732. The first-order chi connectivity index (χ1) is 10.2. The fourth-order valence-electron chi connectivity index (χ4n) is 1.30. The molecule has 1 aromatic carbocycles. The first kappa shape index (κ1) is 19.5. The number of ether oxygens (including phenoxy) is 1. The van der Waals surface area contributed by atoms with Crippen molar-refractivity contribution in [3.8, 4) is 0 Å². The van der Waals surface area contributed by atoms with E-state index in [9.17, 15) is 39.6 Å². The van der Waals surface area contributed by atoms with Crippen LogP contribution in [-0.4, -0.2) is 37.0 Å². The van der Waals surface area contributed by atoms with E-state index in [1.54, 1.807) is 0 Å². The zero-order valence-electron chi connectivity index (χ0n) is 10.5. The number of benzene rings is 1. The van der Waals surface area contributed by atoms with Crippen molar-refractivity contribution in [2.75, 3.05) is 5.75 Å². The van der Waals surface area contributed by atoms with Crippen molar-refractivity contribution in [3.05, 3.63) is 34.1 Å². The lowest BCUT2D eigenvalue weighted by Crippen LogP contribution is -2.39. The van der Waals surface area contributed by atoms with Crippen LogP contribution in [0, 0.1) is 17.5 Å². The molecule has 1 rings (SSSR count). The van der Waals surface area contributed by atoms with E-state index in [4.69, 9.17) is 16.2 Å². The minimum atomic E-state index is -5.44. The molecule has 0 saturated carbocycles. The minimum absolute atomic E-state index is 0.111. The third-order valence-electron chi connectivity index (χ3n) is 2.30. The molecule has 0 heterocycles. The van der Waals surface area contributed by atoms with E-state index >= 15 is 0 Å². The van der Waals surface area contributed by atoms with Crippen LogP contribution in [0.2, 0.25) is 5.02 Å². The van der Waals surface area contributed by atoms with Gasteiger partial charge in [-0.05, 0) is 6.07 Å². The van der Waals surface area contributed by atoms with Crippen molar-refractivity contribution in [1.82, 2.24) is 0 Å². The highest BCUT2D eigenvalue weighted by Crippen LogP contribution is 2.28. The number of halogens is 7. The van der Waals surface area contributed by atoms with Gasteiger partial charge in [0.05, 0.1) is 5.56 Å². The van der Waals surface area contributed by atoms with E-state index in [2.05, 4.69) is 4.74 Å². The lowest BCUT2D eigenvalue weighted by molar-refractivity contribution is -0.197. The zero-order valence-corrected chi connectivity index (χ0v) is 12.1. The summed E-state index contributed by atoms with van der Waals surface area (Å²) in [7, 11) is -5.22. The molecule has 0 spiro atoms. The quantitative estimate of drug-likeness (QED) is 0.283. The van der Waals surface area contributed by atoms with Crippen LogP contribution in [0.15, 0.2) is 6.07 Å². The zero-order chi connectivity index (χ0) is 18.2. The smallest absolute Gasteiger partial charge is 0.426 e. The van der Waals surface area contributed by atoms with Crippen molar-refractivity contribution in [2.45, 2.75) is 12.3 Å². The largest absolute Gasteiger partial charge is 0.448 e. The van der Waals surface area contributed by atoms with Gasteiger partial charge >= 0.3 is 12.1 Å². The van der Waals surface area contributed by atoms with Gasteiger partial charge in [-0.1, -0.05) is 11.6 Å². The van der Waals surface area contributed by atoms with Crippen molar-refractivity contribution in [3.63, 3.8) is 0 Å². The summed E-state index contributed by atoms with van der Waals surface area (Å²) in [6.45, 7) is 0. The number of alkyl halides is 3. The van der Waals surface area contributed by atoms with E-state index in [0.29, 0.717) is 0 Å². The van der Waals surface area contributed by atoms with Gasteiger partial charge in [0.2, 0.25) is 6.10 Å². The topological polar surface area (TPSA) is 80.7 Å². The summed E-state index contributed by atoms with van der Waals surface area (Å²) in [5.74, 6) is -9.85. The first-order valence-electron chi connectivity index (χ1n) is 5.30. The maximum absolute atomic E-state index is 13.5. The number of carbonyl (C=O) groups is 1. The van der Waals surface area contributed by atoms with Crippen LogP contribution < -0.4 is 0 Å². The molecule has 0 radical (unpaired) electrons. The van der Waals surface area contributed by atoms with Gasteiger partial charge in [0.15, 0.2) is 17.5 Å². The van der Waals surface area contributed by atoms with E-state index < -0.39 is 62.2 Å². The molecular formula is C10H5ClF6O5S. The molecule has 1 aromatic rings. The molecule has 23 heavy (non-hydrogen) atoms.